The average Bonchev–Trinajstić information content (AvgIpc) is 2.79. The van der Waals surface area contributed by atoms with E-state index >= 15 is 0 Å². The summed E-state index contributed by atoms with van der Waals surface area (Å²) in [4.78, 5) is 54.1. The number of ether oxygens (including phenoxy) is 2. The first-order valence-electron chi connectivity index (χ1n) is 13.0. The van der Waals surface area contributed by atoms with Gasteiger partial charge >= 0.3 is 12.1 Å². The molecule has 1 aromatic rings. The molecule has 3 amide bonds. The fourth-order valence-electron chi connectivity index (χ4n) is 4.28. The van der Waals surface area contributed by atoms with Crippen molar-refractivity contribution < 1.29 is 28.7 Å². The number of rotatable bonds is 10. The lowest BCUT2D eigenvalue weighted by Gasteiger charge is -2.44. The second-order valence-corrected chi connectivity index (χ2v) is 10.8. The van der Waals surface area contributed by atoms with E-state index in [1.165, 1.54) is 7.11 Å². The van der Waals surface area contributed by atoms with Gasteiger partial charge < -0.3 is 25.0 Å². The van der Waals surface area contributed by atoms with Crippen molar-refractivity contribution in [2.45, 2.75) is 97.9 Å². The number of nitrogens with one attached hydrogen (secondary N) is 2. The number of carbonyl (C=O) groups is 4. The van der Waals surface area contributed by atoms with Crippen LogP contribution in [-0.4, -0.2) is 60.1 Å². The van der Waals surface area contributed by atoms with E-state index < -0.39 is 35.7 Å². The molecule has 0 aliphatic heterocycles. The molecule has 1 aliphatic rings. The number of esters is 1. The first-order valence-corrected chi connectivity index (χ1v) is 13.0. The van der Waals surface area contributed by atoms with Crippen LogP contribution in [-0.2, 0) is 23.9 Å². The van der Waals surface area contributed by atoms with Gasteiger partial charge in [0.05, 0.1) is 7.11 Å². The van der Waals surface area contributed by atoms with Crippen LogP contribution in [0.4, 0.5) is 4.79 Å². The summed E-state index contributed by atoms with van der Waals surface area (Å²) >= 11 is 0. The summed E-state index contributed by atoms with van der Waals surface area (Å²) in [6.07, 6.45) is 2.38. The molecule has 3 atom stereocenters. The Hall–Kier alpha value is -3.10. The van der Waals surface area contributed by atoms with E-state index in [0.717, 1.165) is 30.4 Å². The average molecular weight is 518 g/mol. The van der Waals surface area contributed by atoms with Crippen LogP contribution in [0.3, 0.4) is 0 Å². The first-order chi connectivity index (χ1) is 17.3. The molecular weight excluding hydrogens is 474 g/mol. The van der Waals surface area contributed by atoms with Crippen molar-refractivity contribution in [1.82, 2.24) is 15.5 Å². The Morgan fingerprint density at radius 3 is 2.30 bits per heavy atom. The molecule has 9 nitrogen and oxygen atoms in total. The Morgan fingerprint density at radius 1 is 1.14 bits per heavy atom. The molecule has 0 heterocycles. The third-order valence-corrected chi connectivity index (χ3v) is 6.98. The number of benzene rings is 1. The number of aryl methyl sites for hydroxylation is 1. The van der Waals surface area contributed by atoms with Gasteiger partial charge in [-0.05, 0) is 76.5 Å². The van der Waals surface area contributed by atoms with Crippen LogP contribution >= 0.6 is 0 Å². The first kappa shape index (κ1) is 30.1. The maximum atomic E-state index is 14.3. The highest BCUT2D eigenvalue weighted by Crippen LogP contribution is 2.36. The Kier molecular flexibility index (Phi) is 10.5. The van der Waals surface area contributed by atoms with Gasteiger partial charge in [-0.2, -0.15) is 0 Å². The van der Waals surface area contributed by atoms with E-state index in [4.69, 9.17) is 4.74 Å². The van der Waals surface area contributed by atoms with Crippen LogP contribution in [0.1, 0.15) is 83.0 Å². The number of methoxy groups -OCH3 is 1. The Morgan fingerprint density at radius 2 is 1.78 bits per heavy atom. The normalized spacial score (nSPS) is 16.0. The van der Waals surface area contributed by atoms with E-state index in [1.807, 2.05) is 45.9 Å². The Bertz CT molecular complexity index is 983. The minimum absolute atomic E-state index is 0.173. The van der Waals surface area contributed by atoms with Crippen molar-refractivity contribution in [2.75, 3.05) is 13.7 Å². The highest BCUT2D eigenvalue weighted by atomic mass is 16.6. The molecule has 0 radical (unpaired) electrons. The molecule has 2 rings (SSSR count). The van der Waals surface area contributed by atoms with Crippen LogP contribution in [0, 0.1) is 19.8 Å². The standard InChI is InChI=1S/C28H43N3O6/c1-9-17(2)23(30-27(35)37-28(5,6)7)26(34)31(20-13-11-14-20)24(25(33)29-16-22(32)36-8)21-15-10-12-18(3)19(21)4/h10,12,15,17,20,23-24H,9,11,13-14,16H2,1-8H3,(H,29,33)(H,30,35). The van der Waals surface area contributed by atoms with E-state index in [-0.39, 0.29) is 24.4 Å². The van der Waals surface area contributed by atoms with Gasteiger partial charge in [-0.25, -0.2) is 4.79 Å². The molecule has 0 spiro atoms. The zero-order chi connectivity index (χ0) is 27.9. The van der Waals surface area contributed by atoms with Crippen LogP contribution < -0.4 is 10.6 Å². The lowest BCUT2D eigenvalue weighted by Crippen LogP contribution is -2.59. The predicted molar refractivity (Wildman–Crippen MR) is 141 cm³/mol. The summed E-state index contributed by atoms with van der Waals surface area (Å²) in [6.45, 7) is 12.7. The maximum Gasteiger partial charge on any atom is 0.408 e. The van der Waals surface area contributed by atoms with Crippen LogP contribution in [0.2, 0.25) is 0 Å². The maximum absolute atomic E-state index is 14.3. The highest BCUT2D eigenvalue weighted by molar-refractivity contribution is 5.94. The summed E-state index contributed by atoms with van der Waals surface area (Å²) in [5, 5.41) is 5.43. The van der Waals surface area contributed by atoms with Crippen molar-refractivity contribution in [3.05, 3.63) is 34.9 Å². The smallest absolute Gasteiger partial charge is 0.408 e. The summed E-state index contributed by atoms with van der Waals surface area (Å²) < 4.78 is 10.1. The lowest BCUT2D eigenvalue weighted by atomic mass is 9.85. The number of amides is 3. The third kappa shape index (κ3) is 7.94. The van der Waals surface area contributed by atoms with E-state index in [9.17, 15) is 19.2 Å². The lowest BCUT2D eigenvalue weighted by molar-refractivity contribution is -0.149. The van der Waals surface area contributed by atoms with Crippen molar-refractivity contribution in [1.29, 1.82) is 0 Å². The molecule has 3 unspecified atom stereocenters. The summed E-state index contributed by atoms with van der Waals surface area (Å²) in [6, 6.07) is 3.60. The SMILES string of the molecule is CCC(C)C(NC(=O)OC(C)(C)C)C(=O)N(C1CCC1)C(C(=O)NCC(=O)OC)c1cccc(C)c1C. The number of nitrogens with zero attached hydrogens (tertiary/aromatic N) is 1. The quantitative estimate of drug-likeness (QED) is 0.454. The fraction of sp³-hybridized carbons (Fsp3) is 0.643. The topological polar surface area (TPSA) is 114 Å². The van der Waals surface area contributed by atoms with E-state index in [2.05, 4.69) is 15.4 Å². The summed E-state index contributed by atoms with van der Waals surface area (Å²) in [7, 11) is 1.25. The predicted octanol–water partition coefficient (Wildman–Crippen LogP) is 3.95. The van der Waals surface area contributed by atoms with Gasteiger partial charge in [0.25, 0.3) is 0 Å². The van der Waals surface area contributed by atoms with Crippen molar-refractivity contribution in [2.24, 2.45) is 5.92 Å². The van der Waals surface area contributed by atoms with Crippen molar-refractivity contribution >= 4 is 23.9 Å². The monoisotopic (exact) mass is 517 g/mol. The van der Waals surface area contributed by atoms with E-state index in [1.54, 1.807) is 25.7 Å². The minimum atomic E-state index is -0.977. The molecule has 2 N–H and O–H groups in total. The minimum Gasteiger partial charge on any atom is -0.468 e. The molecule has 1 aromatic carbocycles. The third-order valence-electron chi connectivity index (χ3n) is 6.98. The van der Waals surface area contributed by atoms with Crippen molar-refractivity contribution in [3.63, 3.8) is 0 Å². The van der Waals surface area contributed by atoms with Gasteiger partial charge in [-0.3, -0.25) is 14.4 Å². The van der Waals surface area contributed by atoms with Crippen LogP contribution in [0.25, 0.3) is 0 Å². The van der Waals surface area contributed by atoms with Crippen LogP contribution in [0.5, 0.6) is 0 Å². The number of hydrogen-bond acceptors (Lipinski definition) is 6. The Balaban J connectivity index is 2.55. The van der Waals surface area contributed by atoms with Crippen LogP contribution in [0.15, 0.2) is 18.2 Å². The van der Waals surface area contributed by atoms with Crippen molar-refractivity contribution in [3.8, 4) is 0 Å². The fourth-order valence-corrected chi connectivity index (χ4v) is 4.28. The number of hydrogen-bond donors (Lipinski definition) is 2. The molecule has 9 heteroatoms. The van der Waals surface area contributed by atoms with Gasteiger partial charge in [-0.1, -0.05) is 38.5 Å². The van der Waals surface area contributed by atoms with Gasteiger partial charge in [0.1, 0.15) is 24.2 Å². The largest absolute Gasteiger partial charge is 0.468 e. The van der Waals surface area contributed by atoms with Gasteiger partial charge in [0.15, 0.2) is 0 Å². The molecule has 1 saturated carbocycles. The summed E-state index contributed by atoms with van der Waals surface area (Å²) in [5.41, 5.74) is 1.82. The number of carbonyl (C=O) groups excluding carboxylic acids is 4. The van der Waals surface area contributed by atoms with Gasteiger partial charge in [0.2, 0.25) is 11.8 Å². The molecule has 206 valence electrons. The van der Waals surface area contributed by atoms with Gasteiger partial charge in [-0.15, -0.1) is 0 Å². The molecule has 0 bridgehead atoms. The highest BCUT2D eigenvalue weighted by Gasteiger charge is 2.43. The second-order valence-electron chi connectivity index (χ2n) is 10.8. The zero-order valence-corrected chi connectivity index (χ0v) is 23.5. The summed E-state index contributed by atoms with van der Waals surface area (Å²) in [5.74, 6) is -1.61. The molecule has 1 fully saturated rings. The zero-order valence-electron chi connectivity index (χ0n) is 23.5. The molecule has 0 saturated heterocycles. The van der Waals surface area contributed by atoms with E-state index in [0.29, 0.717) is 12.0 Å². The van der Waals surface area contributed by atoms with Gasteiger partial charge in [0, 0.05) is 6.04 Å². The Labute approximate surface area is 220 Å². The molecular formula is C28H43N3O6. The molecule has 1 aliphatic carbocycles. The second kappa shape index (κ2) is 12.9. The molecule has 37 heavy (non-hydrogen) atoms. The number of alkyl carbamates (subject to hydrolysis) is 1. The molecule has 0 aromatic heterocycles.